The Bertz CT molecular complexity index is 805. The number of alkyl carbamates (subject to hydrolysis) is 2. The van der Waals surface area contributed by atoms with E-state index in [1.54, 1.807) is 55.4 Å². The van der Waals surface area contributed by atoms with Crippen LogP contribution in [0.25, 0.3) is 0 Å². The number of amides is 4. The Kier molecular flexibility index (Phi) is 9.59. The van der Waals surface area contributed by atoms with E-state index in [9.17, 15) is 23.7 Å². The van der Waals surface area contributed by atoms with Crippen molar-refractivity contribution in [2.45, 2.75) is 90.8 Å². The van der Waals surface area contributed by atoms with Gasteiger partial charge in [-0.15, -0.1) is 0 Å². The second-order valence-electron chi connectivity index (χ2n) is 10.0. The number of nitrogens with one attached hydrogen (secondary N) is 2. The van der Waals surface area contributed by atoms with Crippen LogP contribution in [0.2, 0.25) is 0 Å². The van der Waals surface area contributed by atoms with E-state index in [1.165, 1.54) is 0 Å². The number of ether oxygens (including phenoxy) is 2. The summed E-state index contributed by atoms with van der Waals surface area (Å²) in [6.45, 7) is 12.3. The van der Waals surface area contributed by atoms with Gasteiger partial charge in [0, 0.05) is 4.57 Å². The summed E-state index contributed by atoms with van der Waals surface area (Å²) < 4.78 is 31.7. The molecular formula is C20H34N4O11P+. The Balaban J connectivity index is 1.61. The summed E-state index contributed by atoms with van der Waals surface area (Å²) in [5, 5.41) is 6.81. The summed E-state index contributed by atoms with van der Waals surface area (Å²) in [4.78, 5) is 58.1. The second kappa shape index (κ2) is 11.6. The third-order valence-corrected chi connectivity index (χ3v) is 5.35. The van der Waals surface area contributed by atoms with Gasteiger partial charge in [0.2, 0.25) is 13.6 Å². The third-order valence-electron chi connectivity index (χ3n) is 4.72. The molecule has 36 heavy (non-hydrogen) atoms. The van der Waals surface area contributed by atoms with E-state index in [0.29, 0.717) is 0 Å². The average molecular weight is 537 g/mol. The SMILES string of the molecule is CC1C(NC(=O)OC(C)(C)C)C(=O)N1OCO[P+](=O)OCON1C(=O)C(NC(=O)OC(C)(C)C)C1C. The van der Waals surface area contributed by atoms with Crippen molar-refractivity contribution in [3.8, 4) is 0 Å². The number of hydrogen-bond acceptors (Lipinski definition) is 11. The van der Waals surface area contributed by atoms with Gasteiger partial charge in [-0.25, -0.2) is 29.4 Å². The Labute approximate surface area is 209 Å². The number of hydroxylamine groups is 4. The molecule has 0 aromatic rings. The Morgan fingerprint density at radius 1 is 0.778 bits per heavy atom. The standard InChI is InChI=1S/C20H33N4O11P/c1-11-13(21-17(27)34-19(3,4)5)15(25)23(11)30-9-32-36(29)33-10-31-24-12(2)14(16(24)26)22-18(28)35-20(6,7)8/h11-14H,9-10H2,1-8H3,(H-,21,22,27,28)/p+1. The number of nitrogens with zero attached hydrogens (tertiary/aromatic N) is 2. The lowest BCUT2D eigenvalue weighted by Gasteiger charge is -2.43. The zero-order valence-corrected chi connectivity index (χ0v) is 22.5. The normalized spacial score (nSPS) is 24.5. The predicted octanol–water partition coefficient (Wildman–Crippen LogP) is 1.70. The van der Waals surface area contributed by atoms with Crippen LogP contribution in [0.15, 0.2) is 0 Å². The van der Waals surface area contributed by atoms with Crippen molar-refractivity contribution in [1.82, 2.24) is 20.8 Å². The van der Waals surface area contributed by atoms with Crippen molar-refractivity contribution < 1.29 is 51.9 Å². The first-order valence-corrected chi connectivity index (χ1v) is 12.2. The molecule has 4 unspecified atom stereocenters. The molecule has 2 aliphatic heterocycles. The predicted molar refractivity (Wildman–Crippen MR) is 121 cm³/mol. The monoisotopic (exact) mass is 537 g/mol. The fourth-order valence-corrected chi connectivity index (χ4v) is 3.42. The van der Waals surface area contributed by atoms with E-state index in [1.807, 2.05) is 0 Å². The molecule has 0 aromatic heterocycles. The van der Waals surface area contributed by atoms with Crippen LogP contribution in [0.4, 0.5) is 9.59 Å². The summed E-state index contributed by atoms with van der Waals surface area (Å²) in [5.74, 6) is -1.06. The van der Waals surface area contributed by atoms with Crippen LogP contribution >= 0.6 is 8.25 Å². The van der Waals surface area contributed by atoms with Crippen molar-refractivity contribution in [3.05, 3.63) is 0 Å². The first kappa shape index (κ1) is 29.6. The highest BCUT2D eigenvalue weighted by Crippen LogP contribution is 2.27. The topological polar surface area (TPSA) is 171 Å². The van der Waals surface area contributed by atoms with Crippen molar-refractivity contribution in [2.24, 2.45) is 0 Å². The van der Waals surface area contributed by atoms with Crippen LogP contribution in [0, 0.1) is 0 Å². The van der Waals surface area contributed by atoms with Crippen LogP contribution < -0.4 is 10.6 Å². The molecule has 0 radical (unpaired) electrons. The van der Waals surface area contributed by atoms with Gasteiger partial charge in [-0.2, -0.15) is 0 Å². The smallest absolute Gasteiger partial charge is 0.444 e. The summed E-state index contributed by atoms with van der Waals surface area (Å²) in [5.41, 5.74) is -1.42. The first-order chi connectivity index (χ1) is 16.5. The zero-order chi connectivity index (χ0) is 27.4. The quantitative estimate of drug-likeness (QED) is 0.236. The van der Waals surface area contributed by atoms with Crippen LogP contribution in [-0.2, 0) is 42.4 Å². The van der Waals surface area contributed by atoms with Gasteiger partial charge in [0.25, 0.3) is 11.8 Å². The highest BCUT2D eigenvalue weighted by atomic mass is 31.1. The van der Waals surface area contributed by atoms with Gasteiger partial charge in [0.1, 0.15) is 23.3 Å². The molecular weight excluding hydrogens is 503 g/mol. The van der Waals surface area contributed by atoms with Crippen molar-refractivity contribution >= 4 is 32.3 Å². The molecule has 0 aromatic carbocycles. The van der Waals surface area contributed by atoms with Crippen molar-refractivity contribution in [3.63, 3.8) is 0 Å². The summed E-state index contributed by atoms with van der Waals surface area (Å²) in [6, 6.07) is -2.69. The van der Waals surface area contributed by atoms with Crippen molar-refractivity contribution in [1.29, 1.82) is 0 Å². The molecule has 2 saturated heterocycles. The minimum Gasteiger partial charge on any atom is -0.444 e. The highest BCUT2D eigenvalue weighted by molar-refractivity contribution is 7.33. The lowest BCUT2D eigenvalue weighted by Crippen LogP contribution is -2.69. The van der Waals surface area contributed by atoms with Gasteiger partial charge in [-0.3, -0.25) is 9.59 Å². The maximum atomic E-state index is 12.1. The molecule has 0 spiro atoms. The number of rotatable bonds is 10. The van der Waals surface area contributed by atoms with Gasteiger partial charge in [-0.1, -0.05) is 9.05 Å². The molecule has 0 saturated carbocycles. The van der Waals surface area contributed by atoms with Gasteiger partial charge in [-0.05, 0) is 55.4 Å². The van der Waals surface area contributed by atoms with E-state index >= 15 is 0 Å². The minimum atomic E-state index is -2.70. The number of hydrogen-bond donors (Lipinski definition) is 2. The Morgan fingerprint density at radius 3 is 1.39 bits per heavy atom. The van der Waals surface area contributed by atoms with E-state index < -0.39 is 81.2 Å². The van der Waals surface area contributed by atoms with Crippen LogP contribution in [0.1, 0.15) is 55.4 Å². The molecule has 4 atom stereocenters. The molecule has 2 N–H and O–H groups in total. The molecule has 0 bridgehead atoms. The summed E-state index contributed by atoms with van der Waals surface area (Å²) in [7, 11) is -2.70. The summed E-state index contributed by atoms with van der Waals surface area (Å²) >= 11 is 0. The summed E-state index contributed by atoms with van der Waals surface area (Å²) in [6.07, 6.45) is -1.47. The van der Waals surface area contributed by atoms with Crippen LogP contribution in [0.5, 0.6) is 0 Å². The van der Waals surface area contributed by atoms with Gasteiger partial charge in [0.15, 0.2) is 0 Å². The number of carbonyl (C=O) groups is 4. The fourth-order valence-electron chi connectivity index (χ4n) is 3.07. The average Bonchev–Trinajstić information content (AvgIpc) is 2.73. The Morgan fingerprint density at radius 2 is 1.11 bits per heavy atom. The van der Waals surface area contributed by atoms with E-state index in [0.717, 1.165) is 10.1 Å². The van der Waals surface area contributed by atoms with Crippen LogP contribution in [0.3, 0.4) is 0 Å². The maximum Gasteiger partial charge on any atom is 0.702 e. The van der Waals surface area contributed by atoms with Gasteiger partial charge < -0.3 is 20.1 Å². The fraction of sp³-hybridized carbons (Fsp3) is 0.800. The number of carbonyl (C=O) groups excluding carboxylic acids is 4. The van der Waals surface area contributed by atoms with Crippen LogP contribution in [-0.4, -0.2) is 83.1 Å². The highest BCUT2D eigenvalue weighted by Gasteiger charge is 2.49. The minimum absolute atomic E-state index is 0.517. The van der Waals surface area contributed by atoms with E-state index in [2.05, 4.69) is 10.6 Å². The van der Waals surface area contributed by atoms with Gasteiger partial charge >= 0.3 is 20.4 Å². The number of β-lactam (4-membered cyclic amide) rings is 2. The van der Waals surface area contributed by atoms with Crippen molar-refractivity contribution in [2.75, 3.05) is 13.6 Å². The van der Waals surface area contributed by atoms with E-state index in [4.69, 9.17) is 28.2 Å². The largest absolute Gasteiger partial charge is 0.702 e. The molecule has 204 valence electrons. The molecule has 2 heterocycles. The molecule has 0 aliphatic carbocycles. The molecule has 16 heteroatoms. The first-order valence-electron chi connectivity index (χ1n) is 11.1. The zero-order valence-electron chi connectivity index (χ0n) is 21.6. The van der Waals surface area contributed by atoms with E-state index in [-0.39, 0.29) is 0 Å². The molecule has 2 aliphatic rings. The lowest BCUT2D eigenvalue weighted by atomic mass is 10.0. The second-order valence-corrected chi connectivity index (χ2v) is 11.0. The molecule has 2 rings (SSSR count). The molecule has 15 nitrogen and oxygen atoms in total. The molecule has 4 amide bonds. The lowest BCUT2D eigenvalue weighted by molar-refractivity contribution is -0.258. The van der Waals surface area contributed by atoms with Gasteiger partial charge in [0.05, 0.1) is 12.1 Å². The maximum absolute atomic E-state index is 12.1. The third kappa shape index (κ3) is 8.23. The molecule has 2 fully saturated rings. The Hall–Kier alpha value is -2.58.